The lowest BCUT2D eigenvalue weighted by atomic mass is 9.89. The van der Waals surface area contributed by atoms with E-state index in [0.29, 0.717) is 16.6 Å². The first-order valence-corrected chi connectivity index (χ1v) is 8.72. The molecule has 24 heavy (non-hydrogen) atoms. The van der Waals surface area contributed by atoms with E-state index in [9.17, 15) is 9.59 Å². The minimum absolute atomic E-state index is 0.109. The molecule has 2 N–H and O–H groups in total. The molecule has 1 aliphatic carbocycles. The highest BCUT2D eigenvalue weighted by Crippen LogP contribution is 2.23. The van der Waals surface area contributed by atoms with E-state index in [2.05, 4.69) is 22.8 Å². The molecule has 1 aromatic carbocycles. The van der Waals surface area contributed by atoms with Crippen molar-refractivity contribution in [3.63, 3.8) is 0 Å². The minimum atomic E-state index is -0.237. The van der Waals surface area contributed by atoms with Crippen molar-refractivity contribution < 1.29 is 9.59 Å². The number of hydrazone groups is 1. The van der Waals surface area contributed by atoms with Gasteiger partial charge >= 0.3 is 0 Å². The van der Waals surface area contributed by atoms with Crippen molar-refractivity contribution in [2.75, 3.05) is 5.32 Å². The van der Waals surface area contributed by atoms with Gasteiger partial charge in [-0.1, -0.05) is 24.6 Å². The molecule has 0 heterocycles. The van der Waals surface area contributed by atoms with Gasteiger partial charge in [-0.2, -0.15) is 5.10 Å². The van der Waals surface area contributed by atoms with E-state index >= 15 is 0 Å². The summed E-state index contributed by atoms with van der Waals surface area (Å²) in [5.41, 5.74) is 5.09. The number of carbonyl (C=O) groups excluding carboxylic acids is 2. The van der Waals surface area contributed by atoms with E-state index in [1.807, 2.05) is 6.92 Å². The van der Waals surface area contributed by atoms with Crippen LogP contribution in [0.1, 0.15) is 51.0 Å². The van der Waals surface area contributed by atoms with Gasteiger partial charge in [0, 0.05) is 29.3 Å². The maximum Gasteiger partial charge on any atom is 0.240 e. The van der Waals surface area contributed by atoms with Crippen molar-refractivity contribution in [2.45, 2.75) is 52.4 Å². The summed E-state index contributed by atoms with van der Waals surface area (Å²) in [4.78, 5) is 23.8. The van der Waals surface area contributed by atoms with Gasteiger partial charge in [0.25, 0.3) is 0 Å². The van der Waals surface area contributed by atoms with Crippen LogP contribution in [0.25, 0.3) is 0 Å². The Labute approximate surface area is 147 Å². The number of benzene rings is 1. The van der Waals surface area contributed by atoms with E-state index in [-0.39, 0.29) is 24.7 Å². The first-order chi connectivity index (χ1) is 11.5. The molecule has 2 rings (SSSR count). The van der Waals surface area contributed by atoms with Crippen LogP contribution in [0.2, 0.25) is 5.02 Å². The Hall–Kier alpha value is -1.88. The average Bonchev–Trinajstić information content (AvgIpc) is 2.55. The van der Waals surface area contributed by atoms with Crippen molar-refractivity contribution in [2.24, 2.45) is 11.0 Å². The Morgan fingerprint density at radius 2 is 2.04 bits per heavy atom. The van der Waals surface area contributed by atoms with Gasteiger partial charge in [0.05, 0.1) is 0 Å². The number of rotatable bonds is 5. The van der Waals surface area contributed by atoms with E-state index in [1.54, 1.807) is 18.2 Å². The van der Waals surface area contributed by atoms with E-state index in [1.165, 1.54) is 6.42 Å². The number of carbonyl (C=O) groups is 2. The van der Waals surface area contributed by atoms with Gasteiger partial charge in [0.1, 0.15) is 0 Å². The van der Waals surface area contributed by atoms with E-state index in [0.717, 1.165) is 30.5 Å². The van der Waals surface area contributed by atoms with E-state index in [4.69, 9.17) is 11.6 Å². The molecule has 0 saturated heterocycles. The quantitative estimate of drug-likeness (QED) is 0.787. The van der Waals surface area contributed by atoms with Gasteiger partial charge in [-0.25, -0.2) is 5.43 Å². The molecular formula is C18H24ClN3O2. The number of nitrogens with zero attached hydrogens (tertiary/aromatic N) is 1. The largest absolute Gasteiger partial charge is 0.326 e. The summed E-state index contributed by atoms with van der Waals surface area (Å²) >= 11 is 6.02. The van der Waals surface area contributed by atoms with Crippen molar-refractivity contribution in [1.29, 1.82) is 0 Å². The maximum absolute atomic E-state index is 12.0. The Kier molecular flexibility index (Phi) is 6.79. The number of anilines is 1. The molecule has 1 saturated carbocycles. The fourth-order valence-electron chi connectivity index (χ4n) is 2.74. The number of hydrogen-bond acceptors (Lipinski definition) is 3. The second-order valence-corrected chi connectivity index (χ2v) is 6.78. The SMILES string of the molecule is Cc1c(Cl)cccc1NC(=O)CCC(=O)NN=C1CCC[C@H](C)C1. The molecular weight excluding hydrogens is 326 g/mol. The summed E-state index contributed by atoms with van der Waals surface area (Å²) in [5, 5.41) is 7.57. The number of amides is 2. The highest BCUT2D eigenvalue weighted by molar-refractivity contribution is 6.31. The van der Waals surface area contributed by atoms with Gasteiger partial charge in [0.2, 0.25) is 11.8 Å². The van der Waals surface area contributed by atoms with Gasteiger partial charge in [0.15, 0.2) is 0 Å². The predicted octanol–water partition coefficient (Wildman–Crippen LogP) is 4.05. The summed E-state index contributed by atoms with van der Waals surface area (Å²) in [5.74, 6) is 0.175. The van der Waals surface area contributed by atoms with Crippen molar-refractivity contribution in [3.8, 4) is 0 Å². The van der Waals surface area contributed by atoms with Crippen LogP contribution in [-0.4, -0.2) is 17.5 Å². The van der Waals surface area contributed by atoms with Crippen LogP contribution in [0.5, 0.6) is 0 Å². The molecule has 1 fully saturated rings. The molecule has 0 aliphatic heterocycles. The average molecular weight is 350 g/mol. The molecule has 5 nitrogen and oxygen atoms in total. The third kappa shape index (κ3) is 5.64. The Bertz CT molecular complexity index is 643. The van der Waals surface area contributed by atoms with Gasteiger partial charge in [-0.15, -0.1) is 0 Å². The zero-order chi connectivity index (χ0) is 17.5. The normalized spacial score (nSPS) is 19.1. The zero-order valence-electron chi connectivity index (χ0n) is 14.2. The lowest BCUT2D eigenvalue weighted by Gasteiger charge is -2.18. The van der Waals surface area contributed by atoms with Crippen molar-refractivity contribution >= 4 is 34.8 Å². The lowest BCUT2D eigenvalue weighted by molar-refractivity contribution is -0.124. The summed E-state index contributed by atoms with van der Waals surface area (Å²) in [6, 6.07) is 5.33. The first kappa shape index (κ1) is 18.5. The molecule has 1 aliphatic rings. The monoisotopic (exact) mass is 349 g/mol. The van der Waals surface area contributed by atoms with Crippen LogP contribution in [0, 0.1) is 12.8 Å². The smallest absolute Gasteiger partial charge is 0.240 e. The van der Waals surface area contributed by atoms with Crippen LogP contribution in [-0.2, 0) is 9.59 Å². The molecule has 130 valence electrons. The highest BCUT2D eigenvalue weighted by atomic mass is 35.5. The van der Waals surface area contributed by atoms with Crippen LogP contribution < -0.4 is 10.7 Å². The van der Waals surface area contributed by atoms with Gasteiger partial charge in [-0.05, 0) is 56.2 Å². The van der Waals surface area contributed by atoms with Gasteiger partial charge < -0.3 is 5.32 Å². The molecule has 0 spiro atoms. The zero-order valence-corrected chi connectivity index (χ0v) is 14.9. The number of nitrogens with one attached hydrogen (secondary N) is 2. The van der Waals surface area contributed by atoms with Crippen LogP contribution in [0.4, 0.5) is 5.69 Å². The molecule has 1 aromatic rings. The molecule has 0 radical (unpaired) electrons. The molecule has 0 aromatic heterocycles. The second kappa shape index (κ2) is 8.83. The minimum Gasteiger partial charge on any atom is -0.326 e. The highest BCUT2D eigenvalue weighted by Gasteiger charge is 2.14. The van der Waals surface area contributed by atoms with Crippen LogP contribution >= 0.6 is 11.6 Å². The molecule has 6 heteroatoms. The first-order valence-electron chi connectivity index (χ1n) is 8.35. The Balaban J connectivity index is 1.76. The van der Waals surface area contributed by atoms with E-state index < -0.39 is 0 Å². The summed E-state index contributed by atoms with van der Waals surface area (Å²) in [6.45, 7) is 4.03. The molecule has 2 amide bonds. The Morgan fingerprint density at radius 1 is 1.29 bits per heavy atom. The van der Waals surface area contributed by atoms with Gasteiger partial charge in [-0.3, -0.25) is 9.59 Å². The number of hydrogen-bond donors (Lipinski definition) is 2. The van der Waals surface area contributed by atoms with Crippen LogP contribution in [0.3, 0.4) is 0 Å². The summed E-state index contributed by atoms with van der Waals surface area (Å²) in [7, 11) is 0. The lowest BCUT2D eigenvalue weighted by Crippen LogP contribution is -2.23. The molecule has 0 unspecified atom stereocenters. The van der Waals surface area contributed by atoms with Crippen molar-refractivity contribution in [3.05, 3.63) is 28.8 Å². The third-order valence-corrected chi connectivity index (χ3v) is 4.62. The maximum atomic E-state index is 12.0. The predicted molar refractivity (Wildman–Crippen MR) is 97.3 cm³/mol. The third-order valence-electron chi connectivity index (χ3n) is 4.21. The van der Waals surface area contributed by atoms with Crippen molar-refractivity contribution in [1.82, 2.24) is 5.43 Å². The summed E-state index contributed by atoms with van der Waals surface area (Å²) < 4.78 is 0. The second-order valence-electron chi connectivity index (χ2n) is 6.38. The fraction of sp³-hybridized carbons (Fsp3) is 0.500. The summed E-state index contributed by atoms with van der Waals surface area (Å²) in [6.07, 6.45) is 4.44. The molecule has 1 atom stereocenters. The standard InChI is InChI=1S/C18H24ClN3O2/c1-12-5-3-6-14(11-12)21-22-18(24)10-9-17(23)20-16-8-4-7-15(19)13(16)2/h4,7-8,12H,3,5-6,9-11H2,1-2H3,(H,20,23)(H,22,24)/t12-/m0/s1. The fourth-order valence-corrected chi connectivity index (χ4v) is 2.92. The Morgan fingerprint density at radius 3 is 2.79 bits per heavy atom. The topological polar surface area (TPSA) is 70.6 Å². The van der Waals surface area contributed by atoms with Crippen LogP contribution in [0.15, 0.2) is 23.3 Å². The number of halogens is 1. The molecule has 0 bridgehead atoms.